The van der Waals surface area contributed by atoms with Gasteiger partial charge in [0.05, 0.1) is 12.2 Å². The minimum absolute atomic E-state index is 0.102. The summed E-state index contributed by atoms with van der Waals surface area (Å²) in [5.41, 5.74) is 0. The average Bonchev–Trinajstić information content (AvgIpc) is 3.07. The monoisotopic (exact) mass is 248 g/mol. The molecule has 0 aliphatic heterocycles. The van der Waals surface area contributed by atoms with Crippen molar-refractivity contribution in [1.29, 1.82) is 0 Å². The number of urea groups is 1. The lowest BCUT2D eigenvalue weighted by molar-refractivity contribution is 0.251. The Morgan fingerprint density at radius 3 is 2.72 bits per heavy atom. The fourth-order valence-corrected chi connectivity index (χ4v) is 2.60. The highest BCUT2D eigenvalue weighted by molar-refractivity contribution is 5.88. The van der Waals surface area contributed by atoms with Crippen molar-refractivity contribution < 1.29 is 4.79 Å². The molecule has 0 saturated heterocycles. The Kier molecular flexibility index (Phi) is 3.21. The number of rotatable bonds is 3. The first-order valence-electron chi connectivity index (χ1n) is 6.94. The molecule has 0 aromatic carbocycles. The molecular weight excluding hydrogens is 228 g/mol. The lowest BCUT2D eigenvalue weighted by atomic mass is 9.96. The molecule has 1 heterocycles. The zero-order chi connectivity index (χ0) is 12.4. The maximum Gasteiger partial charge on any atom is 0.320 e. The van der Waals surface area contributed by atoms with Crippen LogP contribution in [0, 0.1) is 0 Å². The summed E-state index contributed by atoms with van der Waals surface area (Å²) in [6.07, 6.45) is 10.2. The Morgan fingerprint density at radius 2 is 2.00 bits per heavy atom. The number of nitrogens with one attached hydrogen (secondary N) is 2. The molecule has 0 spiro atoms. The first-order valence-corrected chi connectivity index (χ1v) is 6.94. The molecule has 2 aliphatic rings. The van der Waals surface area contributed by atoms with Gasteiger partial charge in [0, 0.05) is 12.1 Å². The summed E-state index contributed by atoms with van der Waals surface area (Å²) in [6, 6.07) is 2.61. The van der Waals surface area contributed by atoms with Crippen LogP contribution >= 0.6 is 0 Å². The second-order valence-electron chi connectivity index (χ2n) is 5.33. The van der Waals surface area contributed by atoms with Gasteiger partial charge in [0.15, 0.2) is 0 Å². The Morgan fingerprint density at radius 1 is 1.22 bits per heavy atom. The number of aromatic nitrogens is 2. The number of amides is 2. The van der Waals surface area contributed by atoms with Crippen LogP contribution in [0.25, 0.3) is 0 Å². The second kappa shape index (κ2) is 5.00. The maximum atomic E-state index is 11.7. The molecule has 2 N–H and O–H groups in total. The summed E-state index contributed by atoms with van der Waals surface area (Å²) < 4.78 is 1.98. The van der Waals surface area contributed by atoms with Gasteiger partial charge in [-0.15, -0.1) is 0 Å². The molecule has 2 fully saturated rings. The van der Waals surface area contributed by atoms with Gasteiger partial charge >= 0.3 is 6.03 Å². The Bertz CT molecular complexity index is 418. The van der Waals surface area contributed by atoms with Gasteiger partial charge in [-0.25, -0.2) is 9.48 Å². The molecule has 3 rings (SSSR count). The normalized spacial score (nSPS) is 20.7. The first kappa shape index (κ1) is 11.6. The number of anilines is 1. The molecule has 0 radical (unpaired) electrons. The average molecular weight is 248 g/mol. The molecule has 0 atom stereocenters. The predicted molar refractivity (Wildman–Crippen MR) is 69.5 cm³/mol. The number of carbonyl (C=O) groups excluding carboxylic acids is 1. The lowest BCUT2D eigenvalue weighted by Gasteiger charge is -2.23. The Balaban J connectivity index is 1.64. The predicted octanol–water partition coefficient (Wildman–Crippen LogP) is 2.67. The molecule has 1 aromatic rings. The summed E-state index contributed by atoms with van der Waals surface area (Å²) in [5, 5.41) is 10.2. The smallest absolute Gasteiger partial charge is 0.320 e. The van der Waals surface area contributed by atoms with Crippen molar-refractivity contribution in [2.75, 3.05) is 5.32 Å². The van der Waals surface area contributed by atoms with Gasteiger partial charge in [0.2, 0.25) is 0 Å². The van der Waals surface area contributed by atoms with Gasteiger partial charge in [0.25, 0.3) is 0 Å². The van der Waals surface area contributed by atoms with Crippen LogP contribution in [0.2, 0.25) is 0 Å². The zero-order valence-corrected chi connectivity index (χ0v) is 10.6. The fourth-order valence-electron chi connectivity index (χ4n) is 2.60. The summed E-state index contributed by atoms with van der Waals surface area (Å²) >= 11 is 0. The Hall–Kier alpha value is -1.52. The largest absolute Gasteiger partial charge is 0.335 e. The molecule has 2 saturated carbocycles. The van der Waals surface area contributed by atoms with Crippen LogP contribution in [-0.4, -0.2) is 21.9 Å². The molecule has 0 bridgehead atoms. The molecule has 2 amide bonds. The van der Waals surface area contributed by atoms with Crippen molar-refractivity contribution in [1.82, 2.24) is 15.1 Å². The van der Waals surface area contributed by atoms with E-state index >= 15 is 0 Å². The Labute approximate surface area is 107 Å². The summed E-state index contributed by atoms with van der Waals surface area (Å²) in [7, 11) is 0. The lowest BCUT2D eigenvalue weighted by Crippen LogP contribution is -2.31. The summed E-state index contributed by atoms with van der Waals surface area (Å²) in [6.45, 7) is 0. The minimum Gasteiger partial charge on any atom is -0.335 e. The number of nitrogens with zero attached hydrogens (tertiary/aromatic N) is 2. The molecule has 5 heteroatoms. The molecular formula is C13H20N4O. The third-order valence-corrected chi connectivity index (χ3v) is 3.75. The van der Waals surface area contributed by atoms with Gasteiger partial charge < -0.3 is 5.32 Å². The van der Waals surface area contributed by atoms with Crippen molar-refractivity contribution >= 4 is 11.8 Å². The third-order valence-electron chi connectivity index (χ3n) is 3.75. The van der Waals surface area contributed by atoms with E-state index in [4.69, 9.17) is 0 Å². The van der Waals surface area contributed by atoms with E-state index in [-0.39, 0.29) is 6.03 Å². The van der Waals surface area contributed by atoms with E-state index in [1.165, 1.54) is 32.1 Å². The quantitative estimate of drug-likeness (QED) is 0.864. The van der Waals surface area contributed by atoms with E-state index in [1.54, 1.807) is 6.20 Å². The van der Waals surface area contributed by atoms with E-state index < -0.39 is 0 Å². The summed E-state index contributed by atoms with van der Waals surface area (Å²) in [4.78, 5) is 11.7. The number of carbonyl (C=O) groups is 1. The number of hydrogen-bond donors (Lipinski definition) is 2. The zero-order valence-electron chi connectivity index (χ0n) is 10.6. The highest BCUT2D eigenvalue weighted by Gasteiger charge is 2.24. The van der Waals surface area contributed by atoms with Crippen LogP contribution in [-0.2, 0) is 0 Å². The highest BCUT2D eigenvalue weighted by atomic mass is 16.2. The third kappa shape index (κ3) is 2.66. The van der Waals surface area contributed by atoms with Crippen molar-refractivity contribution in [3.63, 3.8) is 0 Å². The molecule has 2 aliphatic carbocycles. The highest BCUT2D eigenvalue weighted by Crippen LogP contribution is 2.29. The SMILES string of the molecule is O=C(Nc1ccnn1C1CCCCC1)NC1CC1. The van der Waals surface area contributed by atoms with Crippen molar-refractivity contribution in [2.45, 2.75) is 57.0 Å². The fraction of sp³-hybridized carbons (Fsp3) is 0.692. The second-order valence-corrected chi connectivity index (χ2v) is 5.33. The van der Waals surface area contributed by atoms with E-state index in [0.29, 0.717) is 12.1 Å². The van der Waals surface area contributed by atoms with Crippen LogP contribution in [0.4, 0.5) is 10.6 Å². The molecule has 98 valence electrons. The number of hydrogen-bond acceptors (Lipinski definition) is 2. The van der Waals surface area contributed by atoms with E-state index in [1.807, 2.05) is 10.7 Å². The van der Waals surface area contributed by atoms with Crippen molar-refractivity contribution in [2.24, 2.45) is 0 Å². The van der Waals surface area contributed by atoms with Crippen LogP contribution in [0.5, 0.6) is 0 Å². The van der Waals surface area contributed by atoms with Crippen molar-refractivity contribution in [3.8, 4) is 0 Å². The molecule has 1 aromatic heterocycles. The van der Waals surface area contributed by atoms with Crippen LogP contribution in [0.15, 0.2) is 12.3 Å². The van der Waals surface area contributed by atoms with E-state index in [0.717, 1.165) is 18.7 Å². The van der Waals surface area contributed by atoms with Gasteiger partial charge in [-0.3, -0.25) is 5.32 Å². The van der Waals surface area contributed by atoms with Gasteiger partial charge in [0.1, 0.15) is 5.82 Å². The molecule has 5 nitrogen and oxygen atoms in total. The van der Waals surface area contributed by atoms with E-state index in [2.05, 4.69) is 15.7 Å². The summed E-state index contributed by atoms with van der Waals surface area (Å²) in [5.74, 6) is 0.819. The molecule has 0 unspecified atom stereocenters. The van der Waals surface area contributed by atoms with Crippen LogP contribution < -0.4 is 10.6 Å². The maximum absolute atomic E-state index is 11.7. The van der Waals surface area contributed by atoms with Gasteiger partial charge in [-0.2, -0.15) is 5.10 Å². The van der Waals surface area contributed by atoms with Gasteiger partial charge in [-0.1, -0.05) is 19.3 Å². The topological polar surface area (TPSA) is 59.0 Å². The van der Waals surface area contributed by atoms with Crippen molar-refractivity contribution in [3.05, 3.63) is 12.3 Å². The van der Waals surface area contributed by atoms with Gasteiger partial charge in [-0.05, 0) is 25.7 Å². The standard InChI is InChI=1S/C13H20N4O/c18-13(15-10-6-7-10)16-12-8-9-14-17(12)11-4-2-1-3-5-11/h8-11H,1-7H2,(H2,15,16,18). The van der Waals surface area contributed by atoms with E-state index in [9.17, 15) is 4.79 Å². The minimum atomic E-state index is -0.102. The molecule has 18 heavy (non-hydrogen) atoms. The van der Waals surface area contributed by atoms with Crippen LogP contribution in [0.1, 0.15) is 51.0 Å². The van der Waals surface area contributed by atoms with Crippen LogP contribution in [0.3, 0.4) is 0 Å². The first-order chi connectivity index (χ1) is 8.83.